The molecule has 1 fully saturated rings. The normalized spacial score (nSPS) is 18.2. The van der Waals surface area contributed by atoms with Gasteiger partial charge in [-0.15, -0.1) is 0 Å². The molecular weight excluding hydrogens is 437 g/mol. The van der Waals surface area contributed by atoms with E-state index in [1.165, 1.54) is 0 Å². The summed E-state index contributed by atoms with van der Waals surface area (Å²) in [5.41, 5.74) is 1.78. The molecule has 1 saturated heterocycles. The van der Waals surface area contributed by atoms with Crippen LogP contribution < -0.4 is 5.46 Å². The van der Waals surface area contributed by atoms with Gasteiger partial charge in [-0.3, -0.25) is 0 Å². The number of ether oxygens (including phenoxy) is 1. The van der Waals surface area contributed by atoms with E-state index in [0.717, 1.165) is 16.6 Å². The van der Waals surface area contributed by atoms with Crippen LogP contribution in [-0.4, -0.2) is 48.5 Å². The van der Waals surface area contributed by atoms with Crippen molar-refractivity contribution in [2.24, 2.45) is 0 Å². The molecule has 5 nitrogen and oxygen atoms in total. The largest absolute Gasteiger partial charge is 0.494 e. The van der Waals surface area contributed by atoms with E-state index < -0.39 is 23.9 Å². The Morgan fingerprint density at radius 2 is 1.42 bits per heavy atom. The van der Waals surface area contributed by atoms with Gasteiger partial charge in [0, 0.05) is 24.5 Å². The first kappa shape index (κ1) is 25.6. The van der Waals surface area contributed by atoms with Gasteiger partial charge >= 0.3 is 13.2 Å². The molecule has 1 amide bonds. The van der Waals surface area contributed by atoms with E-state index in [9.17, 15) is 4.79 Å². The highest BCUT2D eigenvalue weighted by atomic mass is 35.5. The fourth-order valence-corrected chi connectivity index (χ4v) is 3.78. The van der Waals surface area contributed by atoms with Crippen LogP contribution >= 0.6 is 11.6 Å². The Morgan fingerprint density at radius 1 is 0.970 bits per heavy atom. The molecule has 1 unspecified atom stereocenters. The second-order valence-electron chi connectivity index (χ2n) is 10.7. The summed E-state index contributed by atoms with van der Waals surface area (Å²) in [7, 11) is 1.35. The smallest absolute Gasteiger partial charge is 0.444 e. The van der Waals surface area contributed by atoms with Crippen molar-refractivity contribution in [2.45, 2.75) is 71.2 Å². The van der Waals surface area contributed by atoms with Crippen molar-refractivity contribution in [3.8, 4) is 0 Å². The molecule has 0 aromatic heterocycles. The second-order valence-corrected chi connectivity index (χ2v) is 11.2. The molecule has 33 heavy (non-hydrogen) atoms. The average Bonchev–Trinajstić information content (AvgIpc) is 2.93. The SMILES string of the molecule is CN(CC(c1ccc(Cl)cc1)c1ccc(B2OC(C)(C)C(C)(C)O2)cc1)C(=O)OC(C)(C)C. The van der Waals surface area contributed by atoms with E-state index in [1.807, 2.05) is 84.9 Å². The van der Waals surface area contributed by atoms with E-state index in [0.29, 0.717) is 11.6 Å². The van der Waals surface area contributed by atoms with Crippen molar-refractivity contribution >= 4 is 30.3 Å². The van der Waals surface area contributed by atoms with Crippen LogP contribution in [0.3, 0.4) is 0 Å². The lowest BCUT2D eigenvalue weighted by molar-refractivity contribution is 0.00578. The van der Waals surface area contributed by atoms with Crippen LogP contribution in [0.15, 0.2) is 48.5 Å². The summed E-state index contributed by atoms with van der Waals surface area (Å²) in [6.07, 6.45) is -0.352. The number of carbonyl (C=O) groups is 1. The molecule has 0 radical (unpaired) electrons. The van der Waals surface area contributed by atoms with Crippen molar-refractivity contribution in [1.29, 1.82) is 0 Å². The van der Waals surface area contributed by atoms with Crippen molar-refractivity contribution in [3.05, 3.63) is 64.7 Å². The predicted molar refractivity (Wildman–Crippen MR) is 134 cm³/mol. The summed E-state index contributed by atoms with van der Waals surface area (Å²) >= 11 is 6.12. The fourth-order valence-electron chi connectivity index (χ4n) is 3.65. The number of hydrogen-bond acceptors (Lipinski definition) is 4. The van der Waals surface area contributed by atoms with Gasteiger partial charge in [-0.1, -0.05) is 48.0 Å². The molecule has 1 heterocycles. The lowest BCUT2D eigenvalue weighted by atomic mass is 9.78. The molecule has 0 aliphatic carbocycles. The van der Waals surface area contributed by atoms with Gasteiger partial charge in [0.1, 0.15) is 5.60 Å². The van der Waals surface area contributed by atoms with Gasteiger partial charge in [0.05, 0.1) is 11.2 Å². The molecule has 2 aromatic rings. The minimum Gasteiger partial charge on any atom is -0.444 e. The highest BCUT2D eigenvalue weighted by Gasteiger charge is 2.51. The first-order valence-electron chi connectivity index (χ1n) is 11.3. The molecule has 178 valence electrons. The minimum absolute atomic E-state index is 0.0490. The van der Waals surface area contributed by atoms with E-state index in [2.05, 4.69) is 12.1 Å². The number of halogens is 1. The van der Waals surface area contributed by atoms with Crippen LogP contribution in [0.2, 0.25) is 5.02 Å². The Morgan fingerprint density at radius 3 is 1.88 bits per heavy atom. The van der Waals surface area contributed by atoms with Gasteiger partial charge in [-0.2, -0.15) is 0 Å². The molecule has 1 aliphatic heterocycles. The van der Waals surface area contributed by atoms with Crippen LogP contribution in [0, 0.1) is 0 Å². The lowest BCUT2D eigenvalue weighted by Crippen LogP contribution is -2.41. The van der Waals surface area contributed by atoms with Crippen LogP contribution in [0.25, 0.3) is 0 Å². The number of hydrogen-bond donors (Lipinski definition) is 0. The van der Waals surface area contributed by atoms with Gasteiger partial charge in [-0.05, 0) is 77.2 Å². The zero-order valence-electron chi connectivity index (χ0n) is 20.9. The quantitative estimate of drug-likeness (QED) is 0.530. The van der Waals surface area contributed by atoms with Crippen molar-refractivity contribution in [2.75, 3.05) is 13.6 Å². The zero-order valence-corrected chi connectivity index (χ0v) is 21.7. The Bertz CT molecular complexity index is 951. The summed E-state index contributed by atoms with van der Waals surface area (Å²) in [5, 5.41) is 0.675. The zero-order chi connectivity index (χ0) is 24.6. The van der Waals surface area contributed by atoms with Gasteiger partial charge in [0.15, 0.2) is 0 Å². The number of rotatable bonds is 5. The number of amides is 1. The standard InChI is InChI=1S/C26H35BClNO4/c1-24(2,3)31-23(30)29(8)17-22(19-11-15-21(28)16-12-19)18-9-13-20(14-10-18)27-32-25(4,5)26(6,7)33-27/h9-16,22H,17H2,1-8H3. The first-order valence-corrected chi connectivity index (χ1v) is 11.7. The molecule has 0 saturated carbocycles. The van der Waals surface area contributed by atoms with Crippen LogP contribution in [0.5, 0.6) is 0 Å². The Hall–Kier alpha value is -2.02. The van der Waals surface area contributed by atoms with Gasteiger partial charge in [0.25, 0.3) is 0 Å². The van der Waals surface area contributed by atoms with Gasteiger partial charge < -0.3 is 18.9 Å². The number of likely N-dealkylation sites (N-methyl/N-ethyl adjacent to an activating group) is 1. The van der Waals surface area contributed by atoms with Crippen LogP contribution in [0.4, 0.5) is 4.79 Å². The highest BCUT2D eigenvalue weighted by molar-refractivity contribution is 6.62. The molecule has 1 aliphatic rings. The van der Waals surface area contributed by atoms with E-state index in [4.69, 9.17) is 25.6 Å². The summed E-state index contributed by atoms with van der Waals surface area (Å²) < 4.78 is 17.9. The third-order valence-corrected chi connectivity index (χ3v) is 6.55. The maximum atomic E-state index is 12.6. The summed E-state index contributed by atoms with van der Waals surface area (Å²) in [5.74, 6) is -0.0490. The summed E-state index contributed by atoms with van der Waals surface area (Å²) in [4.78, 5) is 14.2. The molecule has 1 atom stereocenters. The van der Waals surface area contributed by atoms with Gasteiger partial charge in [0.2, 0.25) is 0 Å². The first-order chi connectivity index (χ1) is 15.2. The number of benzene rings is 2. The monoisotopic (exact) mass is 471 g/mol. The summed E-state index contributed by atoms with van der Waals surface area (Å²) in [6, 6.07) is 16.0. The van der Waals surface area contributed by atoms with Crippen LogP contribution in [0.1, 0.15) is 65.5 Å². The number of carbonyl (C=O) groups excluding carboxylic acids is 1. The molecule has 2 aromatic carbocycles. The molecule has 0 N–H and O–H groups in total. The Balaban J connectivity index is 1.85. The average molecular weight is 472 g/mol. The predicted octanol–water partition coefficient (Wildman–Crippen LogP) is 5.64. The summed E-state index contributed by atoms with van der Waals surface area (Å²) in [6.45, 7) is 14.2. The van der Waals surface area contributed by atoms with Gasteiger partial charge in [-0.25, -0.2) is 4.79 Å². The van der Waals surface area contributed by atoms with E-state index >= 15 is 0 Å². The molecule has 0 bridgehead atoms. The minimum atomic E-state index is -0.550. The molecular formula is C26H35BClNO4. The van der Waals surface area contributed by atoms with Crippen LogP contribution in [-0.2, 0) is 14.0 Å². The van der Waals surface area contributed by atoms with Crippen molar-refractivity contribution < 1.29 is 18.8 Å². The second kappa shape index (κ2) is 9.32. The Kier molecular flexibility index (Phi) is 7.23. The third kappa shape index (κ3) is 6.11. The Labute approximate surface area is 203 Å². The topological polar surface area (TPSA) is 48.0 Å². The molecule has 3 rings (SSSR count). The third-order valence-electron chi connectivity index (χ3n) is 6.30. The number of nitrogens with zero attached hydrogens (tertiary/aromatic N) is 1. The molecule has 7 heteroatoms. The fraction of sp³-hybridized carbons (Fsp3) is 0.500. The van der Waals surface area contributed by atoms with Crippen molar-refractivity contribution in [1.82, 2.24) is 4.90 Å². The lowest BCUT2D eigenvalue weighted by Gasteiger charge is -2.32. The van der Waals surface area contributed by atoms with Crippen molar-refractivity contribution in [3.63, 3.8) is 0 Å². The van der Waals surface area contributed by atoms with E-state index in [-0.39, 0.29) is 12.0 Å². The van der Waals surface area contributed by atoms with E-state index in [1.54, 1.807) is 11.9 Å². The maximum absolute atomic E-state index is 12.6. The molecule has 0 spiro atoms. The highest BCUT2D eigenvalue weighted by Crippen LogP contribution is 2.36. The maximum Gasteiger partial charge on any atom is 0.494 e.